The van der Waals surface area contributed by atoms with Gasteiger partial charge in [-0.2, -0.15) is 0 Å². The molecule has 0 aromatic heterocycles. The van der Waals surface area contributed by atoms with Crippen LogP contribution in [0.5, 0.6) is 5.75 Å². The molecule has 1 aliphatic carbocycles. The molecule has 0 spiro atoms. The number of amides is 1. The van der Waals surface area contributed by atoms with Gasteiger partial charge in [-0.25, -0.2) is 8.42 Å². The fraction of sp³-hybridized carbons (Fsp3) is 0.526. The quantitative estimate of drug-likeness (QED) is 0.660. The maximum atomic E-state index is 12.6. The number of hydrogen-bond donors (Lipinski definition) is 1. The summed E-state index contributed by atoms with van der Waals surface area (Å²) in [7, 11) is -2.20. The molecule has 0 heterocycles. The van der Waals surface area contributed by atoms with E-state index in [-0.39, 0.29) is 10.9 Å². The Bertz CT molecular complexity index is 808. The zero-order valence-corrected chi connectivity index (χ0v) is 17.6. The predicted octanol–water partition coefficient (Wildman–Crippen LogP) is 3.51. The number of allylic oxidation sites excluding steroid dienone is 1. The van der Waals surface area contributed by atoms with Gasteiger partial charge in [0.05, 0.1) is 24.1 Å². The Kier molecular flexibility index (Phi) is 7.56. The summed E-state index contributed by atoms with van der Waals surface area (Å²) >= 11 is 6.12. The van der Waals surface area contributed by atoms with Crippen molar-refractivity contribution in [3.63, 3.8) is 0 Å². The lowest BCUT2D eigenvalue weighted by atomic mass is 9.97. The SMILES string of the molecule is COc1ccc(N([C@@H](C)C(=O)NCCC2=CCCCC2)S(C)(=O)=O)cc1Cl. The maximum Gasteiger partial charge on any atom is 0.243 e. The van der Waals surface area contributed by atoms with E-state index in [1.165, 1.54) is 31.6 Å². The fourth-order valence-electron chi connectivity index (χ4n) is 3.23. The van der Waals surface area contributed by atoms with E-state index in [2.05, 4.69) is 11.4 Å². The third kappa shape index (κ3) is 5.87. The van der Waals surface area contributed by atoms with Crippen LogP contribution in [-0.2, 0) is 14.8 Å². The number of halogens is 1. The number of carbonyl (C=O) groups excluding carboxylic acids is 1. The van der Waals surface area contributed by atoms with Crippen molar-refractivity contribution in [1.29, 1.82) is 0 Å². The topological polar surface area (TPSA) is 75.7 Å². The molecule has 1 atom stereocenters. The van der Waals surface area contributed by atoms with Crippen molar-refractivity contribution in [3.8, 4) is 5.75 Å². The highest BCUT2D eigenvalue weighted by molar-refractivity contribution is 7.92. The third-order valence-electron chi connectivity index (χ3n) is 4.61. The lowest BCUT2D eigenvalue weighted by Gasteiger charge is -2.28. The number of rotatable bonds is 8. The van der Waals surface area contributed by atoms with Gasteiger partial charge < -0.3 is 10.1 Å². The van der Waals surface area contributed by atoms with Crippen LogP contribution >= 0.6 is 11.6 Å². The largest absolute Gasteiger partial charge is 0.495 e. The first-order valence-electron chi connectivity index (χ1n) is 9.02. The molecule has 27 heavy (non-hydrogen) atoms. The highest BCUT2D eigenvalue weighted by Gasteiger charge is 2.29. The summed E-state index contributed by atoms with van der Waals surface area (Å²) in [6.07, 6.45) is 8.69. The molecule has 0 fully saturated rings. The predicted molar refractivity (Wildman–Crippen MR) is 109 cm³/mol. The van der Waals surface area contributed by atoms with Crippen LogP contribution < -0.4 is 14.4 Å². The number of nitrogens with one attached hydrogen (secondary N) is 1. The zero-order chi connectivity index (χ0) is 20.0. The summed E-state index contributed by atoms with van der Waals surface area (Å²) in [6.45, 7) is 2.06. The number of methoxy groups -OCH3 is 1. The van der Waals surface area contributed by atoms with Gasteiger partial charge >= 0.3 is 0 Å². The number of nitrogens with zero attached hydrogens (tertiary/aromatic N) is 1. The molecule has 1 amide bonds. The molecular weight excluding hydrogens is 388 g/mol. The molecule has 0 unspecified atom stereocenters. The maximum absolute atomic E-state index is 12.6. The highest BCUT2D eigenvalue weighted by Crippen LogP contribution is 2.31. The lowest BCUT2D eigenvalue weighted by Crippen LogP contribution is -2.48. The number of hydrogen-bond acceptors (Lipinski definition) is 4. The van der Waals surface area contributed by atoms with Gasteiger partial charge in [-0.05, 0) is 57.2 Å². The minimum Gasteiger partial charge on any atom is -0.495 e. The van der Waals surface area contributed by atoms with Crippen LogP contribution in [0, 0.1) is 0 Å². The van der Waals surface area contributed by atoms with Gasteiger partial charge in [0.1, 0.15) is 11.8 Å². The van der Waals surface area contributed by atoms with E-state index in [0.29, 0.717) is 18.0 Å². The van der Waals surface area contributed by atoms with Gasteiger partial charge in [0.15, 0.2) is 0 Å². The molecule has 1 N–H and O–H groups in total. The Morgan fingerprint density at radius 3 is 2.67 bits per heavy atom. The average Bonchev–Trinajstić information content (AvgIpc) is 2.61. The lowest BCUT2D eigenvalue weighted by molar-refractivity contribution is -0.121. The number of anilines is 1. The van der Waals surface area contributed by atoms with Crippen LogP contribution in [0.25, 0.3) is 0 Å². The molecule has 0 saturated heterocycles. The third-order valence-corrected chi connectivity index (χ3v) is 6.15. The summed E-state index contributed by atoms with van der Waals surface area (Å²) in [4.78, 5) is 12.6. The summed E-state index contributed by atoms with van der Waals surface area (Å²) in [5, 5.41) is 3.12. The number of ether oxygens (including phenoxy) is 1. The van der Waals surface area contributed by atoms with Gasteiger partial charge in [-0.1, -0.05) is 23.3 Å². The summed E-state index contributed by atoms with van der Waals surface area (Å²) in [5.41, 5.74) is 1.68. The summed E-state index contributed by atoms with van der Waals surface area (Å²) in [5.74, 6) is 0.0931. The van der Waals surface area contributed by atoms with Gasteiger partial charge in [0.25, 0.3) is 0 Å². The van der Waals surface area contributed by atoms with E-state index in [1.54, 1.807) is 19.1 Å². The Hall–Kier alpha value is -1.73. The van der Waals surface area contributed by atoms with Crippen LogP contribution in [0.15, 0.2) is 29.8 Å². The van der Waals surface area contributed by atoms with Crippen LogP contribution in [0.1, 0.15) is 39.0 Å². The molecule has 0 saturated carbocycles. The van der Waals surface area contributed by atoms with Gasteiger partial charge in [0, 0.05) is 6.54 Å². The second kappa shape index (κ2) is 9.46. The second-order valence-corrected chi connectivity index (χ2v) is 8.97. The number of carbonyl (C=O) groups is 1. The molecule has 1 aromatic carbocycles. The molecule has 0 radical (unpaired) electrons. The normalized spacial score (nSPS) is 15.6. The van der Waals surface area contributed by atoms with Crippen molar-refractivity contribution in [3.05, 3.63) is 34.9 Å². The Morgan fingerprint density at radius 2 is 2.11 bits per heavy atom. The van der Waals surface area contributed by atoms with Crippen molar-refractivity contribution in [2.45, 2.75) is 45.1 Å². The first-order valence-corrected chi connectivity index (χ1v) is 11.2. The van der Waals surface area contributed by atoms with E-state index in [4.69, 9.17) is 16.3 Å². The monoisotopic (exact) mass is 414 g/mol. The molecule has 2 rings (SSSR count). The van der Waals surface area contributed by atoms with Crippen LogP contribution in [0.3, 0.4) is 0 Å². The van der Waals surface area contributed by atoms with E-state index in [1.807, 2.05) is 0 Å². The van der Waals surface area contributed by atoms with Crippen LogP contribution in [0.4, 0.5) is 5.69 Å². The van der Waals surface area contributed by atoms with Crippen molar-refractivity contribution in [2.24, 2.45) is 0 Å². The first-order chi connectivity index (χ1) is 12.7. The average molecular weight is 415 g/mol. The minimum absolute atomic E-state index is 0.278. The Balaban J connectivity index is 2.10. The number of sulfonamides is 1. The van der Waals surface area contributed by atoms with Crippen molar-refractivity contribution >= 4 is 33.2 Å². The molecule has 0 aliphatic heterocycles. The zero-order valence-electron chi connectivity index (χ0n) is 16.0. The first kappa shape index (κ1) is 21.6. The molecule has 6 nitrogen and oxygen atoms in total. The van der Waals surface area contributed by atoms with E-state index >= 15 is 0 Å². The molecule has 0 bridgehead atoms. The molecule has 1 aromatic rings. The van der Waals surface area contributed by atoms with Gasteiger partial charge in [0.2, 0.25) is 15.9 Å². The summed E-state index contributed by atoms with van der Waals surface area (Å²) < 4.78 is 30.8. The number of benzene rings is 1. The van der Waals surface area contributed by atoms with Gasteiger partial charge in [-0.15, -0.1) is 0 Å². The standard InChI is InChI=1S/C19H27ClN2O4S/c1-14(19(23)21-12-11-15-7-5-4-6-8-15)22(27(3,24)25)16-9-10-18(26-2)17(20)13-16/h7,9-10,13-14H,4-6,8,11-12H2,1-3H3,(H,21,23)/t14-/m0/s1. The van der Waals surface area contributed by atoms with Crippen molar-refractivity contribution in [2.75, 3.05) is 24.2 Å². The smallest absolute Gasteiger partial charge is 0.243 e. The van der Waals surface area contributed by atoms with E-state index in [0.717, 1.165) is 29.8 Å². The van der Waals surface area contributed by atoms with Gasteiger partial charge in [-0.3, -0.25) is 9.10 Å². The molecule has 1 aliphatic rings. The molecule has 8 heteroatoms. The fourth-order valence-corrected chi connectivity index (χ4v) is 4.65. The highest BCUT2D eigenvalue weighted by atomic mass is 35.5. The summed E-state index contributed by atoms with van der Waals surface area (Å²) in [6, 6.07) is 3.74. The Labute approximate surface area is 166 Å². The van der Waals surface area contributed by atoms with E-state index < -0.39 is 16.1 Å². The minimum atomic E-state index is -3.68. The molecular formula is C19H27ClN2O4S. The Morgan fingerprint density at radius 1 is 1.37 bits per heavy atom. The van der Waals surface area contributed by atoms with Crippen molar-refractivity contribution in [1.82, 2.24) is 5.32 Å². The van der Waals surface area contributed by atoms with Crippen molar-refractivity contribution < 1.29 is 17.9 Å². The van der Waals surface area contributed by atoms with Crippen LogP contribution in [0.2, 0.25) is 5.02 Å². The molecule has 150 valence electrons. The van der Waals surface area contributed by atoms with Crippen LogP contribution in [-0.4, -0.2) is 40.3 Å². The van der Waals surface area contributed by atoms with E-state index in [9.17, 15) is 13.2 Å². The second-order valence-electron chi connectivity index (χ2n) is 6.70.